The van der Waals surface area contributed by atoms with Gasteiger partial charge in [-0.05, 0) is 6.08 Å². The van der Waals surface area contributed by atoms with Gasteiger partial charge >= 0.3 is 0 Å². The fraction of sp³-hybridized carbons (Fsp3) is 0. The first-order valence-electron chi connectivity index (χ1n) is 1.64. The van der Waals surface area contributed by atoms with Crippen molar-refractivity contribution in [2.45, 2.75) is 0 Å². The van der Waals surface area contributed by atoms with Crippen molar-refractivity contribution >= 4 is 29.1 Å². The molecule has 1 heterocycles. The minimum atomic E-state index is -0.157. The predicted octanol–water partition coefficient (Wildman–Crippen LogP) is 0.732. The van der Waals surface area contributed by atoms with Crippen molar-refractivity contribution in [3.63, 3.8) is 0 Å². The molecule has 7 heavy (non-hydrogen) atoms. The van der Waals surface area contributed by atoms with Gasteiger partial charge in [0.1, 0.15) is 0 Å². The van der Waals surface area contributed by atoms with Crippen LogP contribution in [-0.4, -0.2) is 12.1 Å². The van der Waals surface area contributed by atoms with Crippen LogP contribution in [0.4, 0.5) is 0 Å². The molecule has 0 saturated carbocycles. The Morgan fingerprint density at radius 2 is 2.29 bits per heavy atom. The maximum atomic E-state index is 9.96. The topological polar surface area (TPSA) is 29.4 Å². The van der Waals surface area contributed by atoms with Crippen LogP contribution < -0.4 is 0 Å². The van der Waals surface area contributed by atoms with E-state index < -0.39 is 0 Å². The molecular formula is C4H4BrNO. The number of carbonyl (C=O) groups is 1. The Bertz CT molecular complexity index is 114. The molecule has 2 nitrogen and oxygen atoms in total. The van der Waals surface area contributed by atoms with Gasteiger partial charge in [0.25, 0.3) is 5.91 Å². The highest BCUT2D eigenvalue weighted by Gasteiger charge is 1.90. The summed E-state index contributed by atoms with van der Waals surface area (Å²) in [6, 6.07) is 0. The smallest absolute Gasteiger partial charge is 0.267 e. The van der Waals surface area contributed by atoms with E-state index in [0.29, 0.717) is 0 Å². The normalized spacial score (nSPS) is 14.6. The predicted molar refractivity (Wildman–Crippen MR) is 33.0 cm³/mol. The zero-order valence-electron chi connectivity index (χ0n) is 3.50. The van der Waals surface area contributed by atoms with Gasteiger partial charge in [0.05, 0.1) is 0 Å². The van der Waals surface area contributed by atoms with Crippen LogP contribution in [0.1, 0.15) is 0 Å². The third kappa shape index (κ3) is 1.64. The van der Waals surface area contributed by atoms with Gasteiger partial charge in [-0.15, -0.1) is 17.0 Å². The van der Waals surface area contributed by atoms with E-state index in [4.69, 9.17) is 0 Å². The van der Waals surface area contributed by atoms with Crippen LogP contribution in [0.15, 0.2) is 17.1 Å². The van der Waals surface area contributed by atoms with E-state index in [9.17, 15) is 4.79 Å². The summed E-state index contributed by atoms with van der Waals surface area (Å²) in [7, 11) is 0. The number of hydrogen-bond donors (Lipinski definition) is 0. The molecule has 0 saturated heterocycles. The van der Waals surface area contributed by atoms with Crippen LogP contribution in [0.3, 0.4) is 0 Å². The number of hydrogen-bond acceptors (Lipinski definition) is 1. The van der Waals surface area contributed by atoms with Gasteiger partial charge in [0.15, 0.2) is 0 Å². The zero-order chi connectivity index (χ0) is 4.41. The molecule has 0 aromatic rings. The summed E-state index contributed by atoms with van der Waals surface area (Å²) in [5, 5.41) is 0. The second-order valence-electron chi connectivity index (χ2n) is 0.976. The van der Waals surface area contributed by atoms with Gasteiger partial charge in [0.2, 0.25) is 0 Å². The van der Waals surface area contributed by atoms with Crippen molar-refractivity contribution in [2.75, 3.05) is 0 Å². The Morgan fingerprint density at radius 1 is 1.57 bits per heavy atom. The van der Waals surface area contributed by atoms with Gasteiger partial charge < -0.3 is 0 Å². The van der Waals surface area contributed by atoms with Crippen molar-refractivity contribution in [2.24, 2.45) is 4.99 Å². The zero-order valence-corrected chi connectivity index (χ0v) is 5.21. The lowest BCUT2D eigenvalue weighted by molar-refractivity contribution is -0.113. The van der Waals surface area contributed by atoms with Crippen molar-refractivity contribution < 1.29 is 4.79 Å². The molecule has 0 fully saturated rings. The van der Waals surface area contributed by atoms with Crippen molar-refractivity contribution in [3.8, 4) is 0 Å². The number of rotatable bonds is 0. The molecule has 0 aromatic heterocycles. The average Bonchev–Trinajstić information content (AvgIpc) is 1.86. The molecule has 1 aliphatic rings. The lowest BCUT2D eigenvalue weighted by Gasteiger charge is -1.62. The van der Waals surface area contributed by atoms with Crippen LogP contribution in [0.5, 0.6) is 0 Å². The molecule has 0 N–H and O–H groups in total. The lowest BCUT2D eigenvalue weighted by Crippen LogP contribution is -1.75. The Labute approximate surface area is 51.7 Å². The van der Waals surface area contributed by atoms with E-state index in [-0.39, 0.29) is 22.9 Å². The van der Waals surface area contributed by atoms with Gasteiger partial charge in [0, 0.05) is 12.3 Å². The molecule has 1 aliphatic heterocycles. The molecule has 3 heteroatoms. The second kappa shape index (κ2) is 2.69. The van der Waals surface area contributed by atoms with E-state index in [1.165, 1.54) is 12.3 Å². The van der Waals surface area contributed by atoms with E-state index in [0.717, 1.165) is 0 Å². The molecule has 38 valence electrons. The number of allylic oxidation sites excluding steroid dienone is 1. The van der Waals surface area contributed by atoms with Crippen LogP contribution in [-0.2, 0) is 4.79 Å². The fourth-order valence-electron chi connectivity index (χ4n) is 0.285. The molecule has 0 radical (unpaired) electrons. The van der Waals surface area contributed by atoms with Gasteiger partial charge in [-0.25, -0.2) is 4.99 Å². The molecule has 1 rings (SSSR count). The summed E-state index contributed by atoms with van der Waals surface area (Å²) in [6.07, 6.45) is 4.50. The number of amides is 1. The number of halogens is 1. The molecule has 0 aromatic carbocycles. The summed E-state index contributed by atoms with van der Waals surface area (Å²) in [6.45, 7) is 0. The largest absolute Gasteiger partial charge is 0.269 e. The first-order valence-corrected chi connectivity index (χ1v) is 1.64. The molecule has 1 amide bonds. The Morgan fingerprint density at radius 3 is 2.43 bits per heavy atom. The molecule has 0 bridgehead atoms. The third-order valence-corrected chi connectivity index (χ3v) is 0.527. The molecule has 0 aliphatic carbocycles. The maximum absolute atomic E-state index is 9.96. The maximum Gasteiger partial charge on any atom is 0.269 e. The van der Waals surface area contributed by atoms with Gasteiger partial charge in [-0.2, -0.15) is 0 Å². The Hall–Kier alpha value is -0.440. The lowest BCUT2D eigenvalue weighted by atomic mass is 10.6. The average molecular weight is 162 g/mol. The summed E-state index contributed by atoms with van der Waals surface area (Å²) in [5.74, 6) is -0.157. The Kier molecular flexibility index (Phi) is 2.52. The Balaban J connectivity index is 0.000000360. The van der Waals surface area contributed by atoms with Crippen LogP contribution in [0.25, 0.3) is 0 Å². The van der Waals surface area contributed by atoms with E-state index >= 15 is 0 Å². The van der Waals surface area contributed by atoms with E-state index in [1.807, 2.05) is 0 Å². The summed E-state index contributed by atoms with van der Waals surface area (Å²) < 4.78 is 0. The molecule has 0 atom stereocenters. The first kappa shape index (κ1) is 6.56. The highest BCUT2D eigenvalue weighted by molar-refractivity contribution is 8.93. The van der Waals surface area contributed by atoms with Crippen LogP contribution in [0, 0.1) is 0 Å². The summed E-state index contributed by atoms with van der Waals surface area (Å²) in [5.41, 5.74) is 0. The van der Waals surface area contributed by atoms with Crippen LogP contribution in [0.2, 0.25) is 0 Å². The van der Waals surface area contributed by atoms with E-state index in [2.05, 4.69) is 4.99 Å². The quantitative estimate of drug-likeness (QED) is 0.516. The standard InChI is InChI=1S/C4H3NO.BrH/c6-4-2-1-3-5-4;/h1-3H;1H. The van der Waals surface area contributed by atoms with Gasteiger partial charge in [-0.1, -0.05) is 0 Å². The fourth-order valence-corrected chi connectivity index (χ4v) is 0.285. The molecule has 0 unspecified atom stereocenters. The minimum absolute atomic E-state index is 0. The van der Waals surface area contributed by atoms with Crippen LogP contribution >= 0.6 is 17.0 Å². The van der Waals surface area contributed by atoms with Gasteiger partial charge in [-0.3, -0.25) is 4.79 Å². The number of nitrogens with zero attached hydrogens (tertiary/aromatic N) is 1. The highest BCUT2D eigenvalue weighted by Crippen LogP contribution is 1.83. The number of aliphatic imine (C=N–C) groups is 1. The monoisotopic (exact) mass is 161 g/mol. The van der Waals surface area contributed by atoms with Crippen molar-refractivity contribution in [3.05, 3.63) is 12.2 Å². The minimum Gasteiger partial charge on any atom is -0.267 e. The second-order valence-corrected chi connectivity index (χ2v) is 0.976. The first-order chi connectivity index (χ1) is 2.89. The molecule has 0 spiro atoms. The summed E-state index contributed by atoms with van der Waals surface area (Å²) in [4.78, 5) is 13.3. The van der Waals surface area contributed by atoms with Crippen molar-refractivity contribution in [1.29, 1.82) is 0 Å². The third-order valence-electron chi connectivity index (χ3n) is 0.527. The highest BCUT2D eigenvalue weighted by atomic mass is 79.9. The summed E-state index contributed by atoms with van der Waals surface area (Å²) >= 11 is 0. The number of carbonyl (C=O) groups excluding carboxylic acids is 1. The SMILES string of the molecule is Br.O=C1C=CC=N1. The van der Waals surface area contributed by atoms with E-state index in [1.54, 1.807) is 6.08 Å². The van der Waals surface area contributed by atoms with Crippen molar-refractivity contribution in [1.82, 2.24) is 0 Å². The molecular weight excluding hydrogens is 158 g/mol.